The number of allylic oxidation sites excluding steroid dienone is 2. The SMILES string of the molecule is CC(O)=C(N=Nc1cc(C(=O)Nc2cccc(Cl)c2C)ccc1Cl)C(=O)Nc1cc(Cl)c(NC(=O)C(N=Nc2cc(C(=O)Nc3cccc(Cl)c3C)ccc2Cl)=C(C)O)cc1C. The van der Waals surface area contributed by atoms with Gasteiger partial charge in [-0.1, -0.05) is 70.1 Å². The van der Waals surface area contributed by atoms with Crippen molar-refractivity contribution in [2.45, 2.75) is 34.6 Å². The maximum atomic E-state index is 13.4. The van der Waals surface area contributed by atoms with Gasteiger partial charge in [0.05, 0.1) is 20.8 Å². The van der Waals surface area contributed by atoms with Crippen molar-refractivity contribution in [2.75, 3.05) is 21.3 Å². The van der Waals surface area contributed by atoms with E-state index in [4.69, 9.17) is 58.0 Å². The van der Waals surface area contributed by atoms with Crippen LogP contribution in [-0.2, 0) is 9.59 Å². The predicted octanol–water partition coefficient (Wildman–Crippen LogP) is 13.4. The summed E-state index contributed by atoms with van der Waals surface area (Å²) >= 11 is 31.5. The van der Waals surface area contributed by atoms with Crippen molar-refractivity contribution in [3.63, 3.8) is 0 Å². The van der Waals surface area contributed by atoms with Crippen LogP contribution in [0.15, 0.2) is 128 Å². The smallest absolute Gasteiger partial charge is 0.279 e. The van der Waals surface area contributed by atoms with Crippen LogP contribution in [-0.4, -0.2) is 33.8 Å². The Morgan fingerprint density at radius 3 is 1.32 bits per heavy atom. The fourth-order valence-corrected chi connectivity index (χ4v) is 6.25. The van der Waals surface area contributed by atoms with Crippen LogP contribution in [0.1, 0.15) is 51.3 Å². The van der Waals surface area contributed by atoms with Crippen LogP contribution in [0, 0.1) is 20.8 Å². The van der Waals surface area contributed by atoms with Crippen molar-refractivity contribution in [1.82, 2.24) is 0 Å². The van der Waals surface area contributed by atoms with E-state index < -0.39 is 46.5 Å². The summed E-state index contributed by atoms with van der Waals surface area (Å²) in [4.78, 5) is 52.8. The van der Waals surface area contributed by atoms with E-state index in [1.807, 2.05) is 0 Å². The molecule has 19 heteroatoms. The lowest BCUT2D eigenvalue weighted by Crippen LogP contribution is -2.17. The van der Waals surface area contributed by atoms with Crippen molar-refractivity contribution in [3.05, 3.63) is 161 Å². The summed E-state index contributed by atoms with van der Waals surface area (Å²) in [6.07, 6.45) is 0. The van der Waals surface area contributed by atoms with Crippen LogP contribution >= 0.6 is 58.0 Å². The van der Waals surface area contributed by atoms with Crippen molar-refractivity contribution < 1.29 is 29.4 Å². The van der Waals surface area contributed by atoms with Gasteiger partial charge in [0.2, 0.25) is 0 Å². The Balaban J connectivity index is 1.28. The number of rotatable bonds is 12. The normalized spacial score (nSPS) is 12.2. The monoisotopic (exact) mass is 934 g/mol. The van der Waals surface area contributed by atoms with E-state index in [1.54, 1.807) is 57.2 Å². The maximum Gasteiger partial charge on any atom is 0.279 e. The van der Waals surface area contributed by atoms with E-state index in [9.17, 15) is 29.4 Å². The highest BCUT2D eigenvalue weighted by atomic mass is 35.5. The molecule has 5 aromatic carbocycles. The van der Waals surface area contributed by atoms with Gasteiger partial charge < -0.3 is 31.5 Å². The minimum absolute atomic E-state index is 0.0257. The first-order chi connectivity index (χ1) is 29.3. The molecule has 318 valence electrons. The van der Waals surface area contributed by atoms with Gasteiger partial charge >= 0.3 is 0 Å². The average Bonchev–Trinajstić information content (AvgIpc) is 3.21. The molecule has 0 fully saturated rings. The van der Waals surface area contributed by atoms with Crippen molar-refractivity contribution in [3.8, 4) is 0 Å². The van der Waals surface area contributed by atoms with Gasteiger partial charge in [-0.05, 0) is 124 Å². The molecule has 0 aliphatic rings. The molecule has 0 atom stereocenters. The minimum atomic E-state index is -0.908. The third kappa shape index (κ3) is 11.5. The molecular formula is C43H35Cl5N8O6. The highest BCUT2D eigenvalue weighted by Crippen LogP contribution is 2.33. The maximum absolute atomic E-state index is 13.4. The van der Waals surface area contributed by atoms with Gasteiger partial charge in [-0.25, -0.2) is 0 Å². The lowest BCUT2D eigenvalue weighted by molar-refractivity contribution is -0.114. The van der Waals surface area contributed by atoms with Gasteiger partial charge in [-0.2, -0.15) is 0 Å². The quantitative estimate of drug-likeness (QED) is 0.0407. The molecule has 0 aliphatic heterocycles. The van der Waals surface area contributed by atoms with Gasteiger partial charge in [0, 0.05) is 38.2 Å². The molecule has 0 aliphatic carbocycles. The summed E-state index contributed by atoms with van der Waals surface area (Å²) in [6.45, 7) is 7.56. The molecule has 0 saturated carbocycles. The number of aliphatic hydroxyl groups excluding tert-OH is 2. The third-order valence-corrected chi connectivity index (χ3v) is 10.7. The summed E-state index contributed by atoms with van der Waals surface area (Å²) in [5, 5.41) is 48.5. The predicted molar refractivity (Wildman–Crippen MR) is 244 cm³/mol. The van der Waals surface area contributed by atoms with Crippen LogP contribution in [0.25, 0.3) is 0 Å². The van der Waals surface area contributed by atoms with Gasteiger partial charge in [-0.15, -0.1) is 20.5 Å². The number of hydrogen-bond donors (Lipinski definition) is 6. The second-order valence-corrected chi connectivity index (χ2v) is 15.4. The zero-order valence-electron chi connectivity index (χ0n) is 33.3. The second-order valence-electron chi connectivity index (χ2n) is 13.4. The molecule has 5 aromatic rings. The topological polar surface area (TPSA) is 206 Å². The molecule has 0 bridgehead atoms. The van der Waals surface area contributed by atoms with E-state index in [0.717, 1.165) is 0 Å². The molecule has 6 N–H and O–H groups in total. The highest BCUT2D eigenvalue weighted by molar-refractivity contribution is 6.35. The standard InChI is InChI=1S/C43H35Cl5N8O6/c1-20-16-35(52-43(62)39(24(5)58)56-54-37-18-26(13-15-30(37)47)41(60)50-33-11-7-9-28(45)22(33)3)31(48)19-34(20)51-42(61)38(23(4)57)55-53-36-17-25(12-14-29(36)46)40(59)49-32-10-6-8-27(44)21(32)2/h6-19,57-58H,1-5H3,(H,49,59)(H,50,60)(H,51,61)(H,52,62). The molecule has 4 amide bonds. The first-order valence-electron chi connectivity index (χ1n) is 18.1. The summed E-state index contributed by atoms with van der Waals surface area (Å²) in [5.41, 5.74) is 2.44. The molecule has 5 rings (SSSR count). The van der Waals surface area contributed by atoms with Gasteiger partial charge in [0.15, 0.2) is 11.4 Å². The number of benzene rings is 5. The molecule has 0 spiro atoms. The number of anilines is 4. The molecule has 0 radical (unpaired) electrons. The Morgan fingerprint density at radius 2 is 0.903 bits per heavy atom. The molecule has 0 heterocycles. The Hall–Kier alpha value is -6.29. The fourth-order valence-electron chi connectivity index (χ4n) is 5.38. The Bertz CT molecular complexity index is 2580. The van der Waals surface area contributed by atoms with E-state index in [1.165, 1.54) is 62.4 Å². The van der Waals surface area contributed by atoms with Crippen LogP contribution in [0.4, 0.5) is 34.1 Å². The van der Waals surface area contributed by atoms with Crippen LogP contribution in [0.5, 0.6) is 0 Å². The van der Waals surface area contributed by atoms with Gasteiger partial charge in [0.25, 0.3) is 23.6 Å². The van der Waals surface area contributed by atoms with E-state index in [-0.39, 0.29) is 48.9 Å². The van der Waals surface area contributed by atoms with Gasteiger partial charge in [0.1, 0.15) is 22.9 Å². The number of azo groups is 2. The number of aliphatic hydroxyl groups is 2. The van der Waals surface area contributed by atoms with Crippen LogP contribution < -0.4 is 21.3 Å². The zero-order chi connectivity index (χ0) is 45.4. The van der Waals surface area contributed by atoms with Crippen molar-refractivity contribution in [2.24, 2.45) is 20.5 Å². The first-order valence-corrected chi connectivity index (χ1v) is 20.0. The molecule has 0 aromatic heterocycles. The summed E-state index contributed by atoms with van der Waals surface area (Å²) in [7, 11) is 0. The number of aryl methyl sites for hydroxylation is 1. The first kappa shape index (κ1) is 46.8. The highest BCUT2D eigenvalue weighted by Gasteiger charge is 2.20. The van der Waals surface area contributed by atoms with Crippen molar-refractivity contribution in [1.29, 1.82) is 0 Å². The Labute approximate surface area is 380 Å². The molecule has 0 unspecified atom stereocenters. The lowest BCUT2D eigenvalue weighted by atomic mass is 10.1. The summed E-state index contributed by atoms with van der Waals surface area (Å²) < 4.78 is 0. The number of carbonyl (C=O) groups excluding carboxylic acids is 4. The molecule has 14 nitrogen and oxygen atoms in total. The van der Waals surface area contributed by atoms with Crippen molar-refractivity contribution >= 4 is 116 Å². The minimum Gasteiger partial charge on any atom is -0.510 e. The fraction of sp³-hybridized carbons (Fsp3) is 0.116. The van der Waals surface area contributed by atoms with Crippen LogP contribution in [0.2, 0.25) is 25.1 Å². The number of carbonyl (C=O) groups is 4. The molecule has 0 saturated heterocycles. The van der Waals surface area contributed by atoms with Crippen LogP contribution in [0.3, 0.4) is 0 Å². The molecular weight excluding hydrogens is 902 g/mol. The Morgan fingerprint density at radius 1 is 0.484 bits per heavy atom. The van der Waals surface area contributed by atoms with E-state index >= 15 is 0 Å². The third-order valence-electron chi connectivity index (χ3n) is 8.89. The zero-order valence-corrected chi connectivity index (χ0v) is 37.1. The summed E-state index contributed by atoms with van der Waals surface area (Å²) in [6, 6.07) is 21.5. The second kappa shape index (κ2) is 20.5. The number of halogens is 5. The largest absolute Gasteiger partial charge is 0.510 e. The number of hydrogen-bond acceptors (Lipinski definition) is 10. The molecule has 62 heavy (non-hydrogen) atoms. The van der Waals surface area contributed by atoms with Gasteiger partial charge in [-0.3, -0.25) is 19.2 Å². The average molecular weight is 937 g/mol. The van der Waals surface area contributed by atoms with E-state index in [0.29, 0.717) is 38.1 Å². The number of nitrogens with one attached hydrogen (secondary N) is 4. The summed E-state index contributed by atoms with van der Waals surface area (Å²) in [5.74, 6) is -3.74. The Kier molecular flexibility index (Phi) is 15.5. The van der Waals surface area contributed by atoms with E-state index in [2.05, 4.69) is 41.7 Å². The number of nitrogens with zero attached hydrogens (tertiary/aromatic N) is 4. The lowest BCUT2D eigenvalue weighted by Gasteiger charge is -2.14. The number of amides is 4.